The molecule has 0 fully saturated rings. The number of anilines is 1. The van der Waals surface area contributed by atoms with Crippen molar-refractivity contribution in [2.45, 2.75) is 24.9 Å². The Hall–Kier alpha value is -2.72. The van der Waals surface area contributed by atoms with Crippen molar-refractivity contribution in [1.29, 1.82) is 0 Å². The number of carbonyl (C=O) groups excluding carboxylic acids is 1. The van der Waals surface area contributed by atoms with Crippen molar-refractivity contribution in [2.75, 3.05) is 5.32 Å². The molecule has 31 heavy (non-hydrogen) atoms. The first kappa shape index (κ1) is 23.0. The summed E-state index contributed by atoms with van der Waals surface area (Å²) in [5, 5.41) is 6.07. The molecule has 0 saturated heterocycles. The molecule has 1 aromatic heterocycles. The highest BCUT2D eigenvalue weighted by Gasteiger charge is 2.18. The van der Waals surface area contributed by atoms with Crippen LogP contribution in [0.25, 0.3) is 0 Å². The van der Waals surface area contributed by atoms with E-state index >= 15 is 0 Å². The number of hydrogen-bond acceptors (Lipinski definition) is 5. The number of benzene rings is 2. The lowest BCUT2D eigenvalue weighted by Gasteiger charge is -2.12. The Labute approximate surface area is 188 Å². The summed E-state index contributed by atoms with van der Waals surface area (Å²) in [5.41, 5.74) is 0.874. The van der Waals surface area contributed by atoms with Crippen molar-refractivity contribution in [2.24, 2.45) is 0 Å². The van der Waals surface area contributed by atoms with Gasteiger partial charge >= 0.3 is 0 Å². The third kappa shape index (κ3) is 5.71. The van der Waals surface area contributed by atoms with E-state index in [-0.39, 0.29) is 27.2 Å². The maximum atomic E-state index is 12.8. The number of carbonyl (C=O) groups is 1. The molecule has 3 aromatic rings. The van der Waals surface area contributed by atoms with Gasteiger partial charge in [-0.05, 0) is 30.2 Å². The smallest absolute Gasteiger partial charge is 0.287 e. The third-order valence-corrected chi connectivity index (χ3v) is 6.60. The zero-order valence-corrected chi connectivity index (χ0v) is 18.6. The topological polar surface area (TPSA) is 110 Å². The Morgan fingerprint density at radius 2 is 1.84 bits per heavy atom. The van der Waals surface area contributed by atoms with Crippen LogP contribution in [0.15, 0.2) is 64.4 Å². The lowest BCUT2D eigenvalue weighted by molar-refractivity contribution is -0.117. The van der Waals surface area contributed by atoms with E-state index in [1.54, 1.807) is 19.1 Å². The summed E-state index contributed by atoms with van der Waals surface area (Å²) in [6, 6.07) is 13.6. The van der Waals surface area contributed by atoms with Crippen LogP contribution in [0.1, 0.15) is 11.1 Å². The molecule has 162 valence electrons. The van der Waals surface area contributed by atoms with Crippen LogP contribution in [0.5, 0.6) is 0 Å². The number of nitrogens with zero attached hydrogens (tertiary/aromatic N) is 2. The molecule has 0 unspecified atom stereocenters. The number of hydrogen-bond donors (Lipinski definition) is 2. The Kier molecular flexibility index (Phi) is 7.11. The predicted molar refractivity (Wildman–Crippen MR) is 119 cm³/mol. The predicted octanol–water partition coefficient (Wildman–Crippen LogP) is 2.98. The number of amides is 1. The third-order valence-electron chi connectivity index (χ3n) is 4.31. The van der Waals surface area contributed by atoms with Crippen LogP contribution < -0.4 is 15.6 Å². The number of aryl methyl sites for hydroxylation is 1. The fourth-order valence-corrected chi connectivity index (χ4v) is 4.27. The van der Waals surface area contributed by atoms with E-state index in [4.69, 9.17) is 23.2 Å². The highest BCUT2D eigenvalue weighted by atomic mass is 35.5. The van der Waals surface area contributed by atoms with Gasteiger partial charge in [0.05, 0.1) is 16.1 Å². The van der Waals surface area contributed by atoms with Crippen LogP contribution >= 0.6 is 23.2 Å². The fraction of sp³-hybridized carbons (Fsp3) is 0.150. The van der Waals surface area contributed by atoms with Gasteiger partial charge in [0.25, 0.3) is 5.56 Å². The van der Waals surface area contributed by atoms with Gasteiger partial charge in [-0.15, -0.1) is 0 Å². The molecule has 3 rings (SSSR count). The van der Waals surface area contributed by atoms with E-state index in [2.05, 4.69) is 15.1 Å². The van der Waals surface area contributed by atoms with Gasteiger partial charge in [0.1, 0.15) is 11.6 Å². The van der Waals surface area contributed by atoms with Gasteiger partial charge < -0.3 is 5.32 Å². The Balaban J connectivity index is 1.75. The highest BCUT2D eigenvalue weighted by Crippen LogP contribution is 2.21. The number of rotatable bonds is 7. The van der Waals surface area contributed by atoms with Gasteiger partial charge in [0.15, 0.2) is 0 Å². The van der Waals surface area contributed by atoms with Crippen LogP contribution in [-0.4, -0.2) is 24.1 Å². The van der Waals surface area contributed by atoms with Crippen LogP contribution in [0, 0.1) is 6.92 Å². The minimum Gasteiger partial charge on any atom is -0.324 e. The van der Waals surface area contributed by atoms with E-state index < -0.39 is 28.0 Å². The van der Waals surface area contributed by atoms with Gasteiger partial charge in [-0.1, -0.05) is 59.6 Å². The van der Waals surface area contributed by atoms with Gasteiger partial charge in [-0.25, -0.2) is 17.8 Å². The van der Waals surface area contributed by atoms with E-state index in [1.165, 1.54) is 6.07 Å². The second-order valence-electron chi connectivity index (χ2n) is 6.61. The van der Waals surface area contributed by atoms with Crippen LogP contribution in [0.2, 0.25) is 10.0 Å². The molecule has 0 bridgehead atoms. The molecule has 0 spiro atoms. The minimum absolute atomic E-state index is 0.0142. The molecule has 0 atom stereocenters. The van der Waals surface area contributed by atoms with E-state index in [9.17, 15) is 18.0 Å². The van der Waals surface area contributed by atoms with Crippen LogP contribution in [0.4, 0.5) is 5.69 Å². The summed E-state index contributed by atoms with van der Waals surface area (Å²) >= 11 is 11.5. The Morgan fingerprint density at radius 3 is 2.55 bits per heavy atom. The monoisotopic (exact) mass is 480 g/mol. The minimum atomic E-state index is -3.82. The quantitative estimate of drug-likeness (QED) is 0.539. The van der Waals surface area contributed by atoms with Crippen LogP contribution in [-0.2, 0) is 27.9 Å². The molecule has 0 aliphatic heterocycles. The molecule has 0 radical (unpaired) electrons. The number of nitrogens with one attached hydrogen (secondary N) is 2. The summed E-state index contributed by atoms with van der Waals surface area (Å²) < 4.78 is 28.9. The number of halogens is 2. The van der Waals surface area contributed by atoms with Crippen molar-refractivity contribution < 1.29 is 13.2 Å². The first-order chi connectivity index (χ1) is 14.7. The molecule has 1 heterocycles. The Morgan fingerprint density at radius 1 is 1.13 bits per heavy atom. The summed E-state index contributed by atoms with van der Waals surface area (Å²) in [6.07, 6.45) is 1.16. The maximum absolute atomic E-state index is 12.8. The summed E-state index contributed by atoms with van der Waals surface area (Å²) in [4.78, 5) is 24.4. The molecule has 0 saturated carbocycles. The molecule has 1 amide bonds. The van der Waals surface area contributed by atoms with E-state index in [0.717, 1.165) is 16.4 Å². The van der Waals surface area contributed by atoms with Crippen molar-refractivity contribution in [1.82, 2.24) is 14.5 Å². The van der Waals surface area contributed by atoms with Crippen molar-refractivity contribution in [3.05, 3.63) is 86.3 Å². The molecule has 11 heteroatoms. The summed E-state index contributed by atoms with van der Waals surface area (Å²) in [7, 11) is -3.82. The van der Waals surface area contributed by atoms with Gasteiger partial charge in [0, 0.05) is 12.2 Å². The lowest BCUT2D eigenvalue weighted by Crippen LogP contribution is -2.30. The highest BCUT2D eigenvalue weighted by molar-refractivity contribution is 7.89. The van der Waals surface area contributed by atoms with Crippen LogP contribution in [0.3, 0.4) is 0 Å². The molecule has 2 N–H and O–H groups in total. The summed E-state index contributed by atoms with van der Waals surface area (Å²) in [5.74, 6) is -0.586. The van der Waals surface area contributed by atoms with Gasteiger partial charge in [-0.3, -0.25) is 9.59 Å². The average Bonchev–Trinajstić information content (AvgIpc) is 2.75. The normalized spacial score (nSPS) is 11.3. The second-order valence-corrected chi connectivity index (χ2v) is 9.13. The molecule has 8 nitrogen and oxygen atoms in total. The molecule has 0 aliphatic rings. The SMILES string of the molecule is Cc1ccc(NC(=O)Cn2ncc(Cl)c(Cl)c2=O)cc1S(=O)(=O)NCc1ccccc1. The van der Waals surface area contributed by atoms with E-state index in [0.29, 0.717) is 5.56 Å². The van der Waals surface area contributed by atoms with Crippen molar-refractivity contribution in [3.63, 3.8) is 0 Å². The fourth-order valence-electron chi connectivity index (χ4n) is 2.71. The largest absolute Gasteiger partial charge is 0.324 e. The molecular weight excluding hydrogens is 463 g/mol. The zero-order chi connectivity index (χ0) is 22.6. The Bertz CT molecular complexity index is 1280. The first-order valence-corrected chi connectivity index (χ1v) is 11.3. The molecule has 2 aromatic carbocycles. The second kappa shape index (κ2) is 9.61. The standard InChI is InChI=1S/C20H18Cl2N4O4S/c1-13-7-8-15(25-18(27)12-26-20(28)19(22)16(21)11-23-26)9-17(13)31(29,30)24-10-14-5-3-2-4-6-14/h2-9,11,24H,10,12H2,1H3,(H,25,27). The van der Waals surface area contributed by atoms with Gasteiger partial charge in [0.2, 0.25) is 15.9 Å². The van der Waals surface area contributed by atoms with Crippen molar-refractivity contribution >= 4 is 44.8 Å². The molecule has 0 aliphatic carbocycles. The number of aromatic nitrogens is 2. The summed E-state index contributed by atoms with van der Waals surface area (Å²) in [6.45, 7) is 1.37. The maximum Gasteiger partial charge on any atom is 0.287 e. The van der Waals surface area contributed by atoms with Crippen molar-refractivity contribution in [3.8, 4) is 0 Å². The first-order valence-electron chi connectivity index (χ1n) is 9.02. The van der Waals surface area contributed by atoms with E-state index in [1.807, 2.05) is 30.3 Å². The van der Waals surface area contributed by atoms with Gasteiger partial charge in [-0.2, -0.15) is 5.10 Å². The lowest BCUT2D eigenvalue weighted by atomic mass is 10.2. The number of sulfonamides is 1. The zero-order valence-electron chi connectivity index (χ0n) is 16.3. The molecular formula is C20H18Cl2N4O4S. The average molecular weight is 481 g/mol.